The van der Waals surface area contributed by atoms with Crippen LogP contribution in [-0.2, 0) is 13.1 Å². The molecule has 4 aromatic rings. The van der Waals surface area contributed by atoms with Crippen molar-refractivity contribution in [1.82, 2.24) is 19.3 Å². The number of benzene rings is 1. The van der Waals surface area contributed by atoms with Gasteiger partial charge in [0.15, 0.2) is 0 Å². The number of hydrogen-bond donors (Lipinski definition) is 1. The summed E-state index contributed by atoms with van der Waals surface area (Å²) in [4.78, 5) is 23.5. The minimum Gasteiger partial charge on any atom is -0.508 e. The van der Waals surface area contributed by atoms with Crippen LogP contribution in [0.5, 0.6) is 5.75 Å². The number of hydrogen-bond acceptors (Lipinski definition) is 4. The molecule has 3 heterocycles. The van der Waals surface area contributed by atoms with Crippen molar-refractivity contribution in [3.63, 3.8) is 0 Å². The van der Waals surface area contributed by atoms with E-state index in [4.69, 9.17) is 0 Å². The van der Waals surface area contributed by atoms with Crippen LogP contribution in [0.1, 0.15) is 27.2 Å². The van der Waals surface area contributed by atoms with Crippen LogP contribution in [0.2, 0.25) is 0 Å². The number of phenols is 1. The first-order valence-corrected chi connectivity index (χ1v) is 9.00. The largest absolute Gasteiger partial charge is 0.508 e. The van der Waals surface area contributed by atoms with Crippen molar-refractivity contribution >= 4 is 11.6 Å². The van der Waals surface area contributed by atoms with Crippen molar-refractivity contribution in [3.05, 3.63) is 95.7 Å². The molecular formula is C22H20N4O2. The lowest BCUT2D eigenvalue weighted by Gasteiger charge is -2.23. The van der Waals surface area contributed by atoms with Crippen molar-refractivity contribution in [3.8, 4) is 5.75 Å². The van der Waals surface area contributed by atoms with E-state index in [1.54, 1.807) is 35.5 Å². The Morgan fingerprint density at radius 3 is 2.36 bits per heavy atom. The molecule has 0 fully saturated rings. The molecule has 0 atom stereocenters. The predicted molar refractivity (Wildman–Crippen MR) is 106 cm³/mol. The first-order valence-electron chi connectivity index (χ1n) is 9.00. The number of pyridine rings is 2. The number of carbonyl (C=O) groups excluding carboxylic acids is 1. The Morgan fingerprint density at radius 1 is 0.964 bits per heavy atom. The van der Waals surface area contributed by atoms with E-state index in [1.165, 1.54) is 0 Å². The van der Waals surface area contributed by atoms with Crippen LogP contribution >= 0.6 is 0 Å². The van der Waals surface area contributed by atoms with Crippen LogP contribution in [-0.4, -0.2) is 30.3 Å². The highest BCUT2D eigenvalue weighted by atomic mass is 16.3. The lowest BCUT2D eigenvalue weighted by Crippen LogP contribution is -2.30. The third-order valence-corrected chi connectivity index (χ3v) is 4.54. The number of fused-ring (bicyclic) bond motifs is 1. The molecule has 3 aromatic heterocycles. The summed E-state index contributed by atoms with van der Waals surface area (Å²) in [5.74, 6) is 0.134. The zero-order valence-electron chi connectivity index (χ0n) is 15.5. The van der Waals surface area contributed by atoms with Gasteiger partial charge in [0, 0.05) is 37.9 Å². The van der Waals surface area contributed by atoms with Gasteiger partial charge < -0.3 is 14.4 Å². The number of aryl methyl sites for hydroxylation is 1. The van der Waals surface area contributed by atoms with Gasteiger partial charge in [-0.3, -0.25) is 9.78 Å². The Balaban J connectivity index is 1.65. The summed E-state index contributed by atoms with van der Waals surface area (Å²) in [6.07, 6.45) is 7.16. The minimum atomic E-state index is -0.0712. The highest BCUT2D eigenvalue weighted by molar-refractivity contribution is 5.94. The molecular weight excluding hydrogens is 352 g/mol. The second kappa shape index (κ2) is 7.52. The molecule has 0 aliphatic rings. The Morgan fingerprint density at radius 2 is 1.64 bits per heavy atom. The molecule has 0 aliphatic heterocycles. The minimum absolute atomic E-state index is 0.0712. The third-order valence-electron chi connectivity index (χ3n) is 4.54. The maximum atomic E-state index is 13.3. The van der Waals surface area contributed by atoms with Crippen molar-refractivity contribution in [1.29, 1.82) is 0 Å². The SMILES string of the molecule is Cc1cn2cc(C(=O)N(Cc3ccncc3)Cc3ccc(O)cc3)ccc2n1. The molecule has 0 unspecified atom stereocenters. The lowest BCUT2D eigenvalue weighted by molar-refractivity contribution is 0.0729. The fourth-order valence-corrected chi connectivity index (χ4v) is 3.16. The second-order valence-corrected chi connectivity index (χ2v) is 6.75. The van der Waals surface area contributed by atoms with Crippen LogP contribution in [0, 0.1) is 6.92 Å². The molecule has 1 amide bonds. The first kappa shape index (κ1) is 17.7. The Labute approximate surface area is 162 Å². The summed E-state index contributed by atoms with van der Waals surface area (Å²) in [5, 5.41) is 9.52. The molecule has 0 radical (unpaired) electrons. The van der Waals surface area contributed by atoms with Gasteiger partial charge in [-0.15, -0.1) is 0 Å². The van der Waals surface area contributed by atoms with Gasteiger partial charge >= 0.3 is 0 Å². The van der Waals surface area contributed by atoms with E-state index >= 15 is 0 Å². The number of aromatic nitrogens is 3. The summed E-state index contributed by atoms with van der Waals surface area (Å²) >= 11 is 0. The Bertz CT molecular complexity index is 1100. The number of aromatic hydroxyl groups is 1. The fraction of sp³-hybridized carbons (Fsp3) is 0.136. The van der Waals surface area contributed by atoms with Crippen molar-refractivity contribution < 1.29 is 9.90 Å². The van der Waals surface area contributed by atoms with Crippen molar-refractivity contribution in [2.24, 2.45) is 0 Å². The van der Waals surface area contributed by atoms with Gasteiger partial charge in [0.25, 0.3) is 5.91 Å². The van der Waals surface area contributed by atoms with E-state index in [0.717, 1.165) is 22.5 Å². The molecule has 1 aromatic carbocycles. The molecule has 6 nitrogen and oxygen atoms in total. The highest BCUT2D eigenvalue weighted by Crippen LogP contribution is 2.17. The summed E-state index contributed by atoms with van der Waals surface area (Å²) in [6, 6.07) is 14.4. The van der Waals surface area contributed by atoms with Crippen LogP contribution in [0.25, 0.3) is 5.65 Å². The molecule has 0 saturated carbocycles. The first-order chi connectivity index (χ1) is 13.6. The highest BCUT2D eigenvalue weighted by Gasteiger charge is 2.18. The van der Waals surface area contributed by atoms with E-state index in [2.05, 4.69) is 9.97 Å². The van der Waals surface area contributed by atoms with Crippen molar-refractivity contribution in [2.75, 3.05) is 0 Å². The van der Waals surface area contributed by atoms with Gasteiger partial charge in [-0.2, -0.15) is 0 Å². The Kier molecular flexibility index (Phi) is 4.76. The van der Waals surface area contributed by atoms with Gasteiger partial charge in [-0.25, -0.2) is 4.98 Å². The van der Waals surface area contributed by atoms with Crippen LogP contribution in [0.15, 0.2) is 73.3 Å². The maximum absolute atomic E-state index is 13.3. The normalized spacial score (nSPS) is 10.9. The lowest BCUT2D eigenvalue weighted by atomic mass is 10.1. The number of imidazole rings is 1. The van der Waals surface area contributed by atoms with E-state index in [-0.39, 0.29) is 11.7 Å². The molecule has 6 heteroatoms. The van der Waals surface area contributed by atoms with E-state index in [1.807, 2.05) is 54.0 Å². The van der Waals surface area contributed by atoms with E-state index in [9.17, 15) is 9.90 Å². The molecule has 0 spiro atoms. The number of nitrogens with zero attached hydrogens (tertiary/aromatic N) is 4. The fourth-order valence-electron chi connectivity index (χ4n) is 3.16. The molecule has 0 aliphatic carbocycles. The zero-order chi connectivity index (χ0) is 19.5. The van der Waals surface area contributed by atoms with E-state index < -0.39 is 0 Å². The average molecular weight is 372 g/mol. The summed E-state index contributed by atoms with van der Waals surface area (Å²) in [7, 11) is 0. The van der Waals surface area contributed by atoms with Gasteiger partial charge in [0.1, 0.15) is 11.4 Å². The van der Waals surface area contributed by atoms with Crippen LogP contribution in [0.4, 0.5) is 0 Å². The summed E-state index contributed by atoms with van der Waals surface area (Å²) in [6.45, 7) is 2.82. The molecule has 28 heavy (non-hydrogen) atoms. The van der Waals surface area contributed by atoms with Gasteiger partial charge in [-0.1, -0.05) is 12.1 Å². The summed E-state index contributed by atoms with van der Waals surface area (Å²) < 4.78 is 1.87. The standard InChI is InChI=1S/C22H20N4O2/c1-16-12-25-15-19(4-7-21(25)24-16)22(28)26(14-18-8-10-23-11-9-18)13-17-2-5-20(27)6-3-17/h2-12,15,27H,13-14H2,1H3. The Hall–Kier alpha value is -3.67. The number of carbonyl (C=O) groups is 1. The quantitative estimate of drug-likeness (QED) is 0.581. The average Bonchev–Trinajstić information content (AvgIpc) is 3.08. The topological polar surface area (TPSA) is 70.7 Å². The third kappa shape index (κ3) is 3.86. The number of rotatable bonds is 5. The monoisotopic (exact) mass is 372 g/mol. The van der Waals surface area contributed by atoms with E-state index in [0.29, 0.717) is 18.7 Å². The van der Waals surface area contributed by atoms with Gasteiger partial charge in [-0.05, 0) is 54.4 Å². The van der Waals surface area contributed by atoms with Crippen molar-refractivity contribution in [2.45, 2.75) is 20.0 Å². The zero-order valence-corrected chi connectivity index (χ0v) is 15.5. The van der Waals surface area contributed by atoms with Crippen LogP contribution in [0.3, 0.4) is 0 Å². The number of phenolic OH excluding ortho intramolecular Hbond substituents is 1. The molecule has 4 rings (SSSR count). The molecule has 0 saturated heterocycles. The smallest absolute Gasteiger partial charge is 0.255 e. The van der Waals surface area contributed by atoms with Gasteiger partial charge in [0.05, 0.1) is 11.3 Å². The van der Waals surface area contributed by atoms with Crippen LogP contribution < -0.4 is 0 Å². The number of amides is 1. The summed E-state index contributed by atoms with van der Waals surface area (Å²) in [5.41, 5.74) is 4.26. The molecule has 140 valence electrons. The molecule has 1 N–H and O–H groups in total. The molecule has 0 bridgehead atoms. The van der Waals surface area contributed by atoms with Gasteiger partial charge in [0.2, 0.25) is 0 Å². The maximum Gasteiger partial charge on any atom is 0.255 e. The second-order valence-electron chi connectivity index (χ2n) is 6.75. The predicted octanol–water partition coefficient (Wildman–Crippen LogP) is 3.59.